The highest BCUT2D eigenvalue weighted by Gasteiger charge is 2.06. The number of nitrogens with two attached hydrogens (primary N) is 1. The molecule has 0 bridgehead atoms. The molecule has 0 unspecified atom stereocenters. The van der Waals surface area contributed by atoms with E-state index in [1.165, 1.54) is 26.1 Å². The molecule has 1 nitrogen and oxygen atoms in total. The number of hydrogen-bond acceptors (Lipinski definition) is 2. The van der Waals surface area contributed by atoms with Crippen molar-refractivity contribution in [3.63, 3.8) is 0 Å². The van der Waals surface area contributed by atoms with Gasteiger partial charge in [-0.1, -0.05) is 19.1 Å². The molecule has 0 amide bonds. The second-order valence-corrected chi connectivity index (χ2v) is 4.68. The minimum absolute atomic E-state index is 0.659. The fourth-order valence-electron chi connectivity index (χ4n) is 1.73. The third kappa shape index (κ3) is 1.45. The molecule has 1 aromatic carbocycles. The van der Waals surface area contributed by atoms with Gasteiger partial charge >= 0.3 is 0 Å². The van der Waals surface area contributed by atoms with Gasteiger partial charge in [-0.25, -0.2) is 0 Å². The van der Waals surface area contributed by atoms with Gasteiger partial charge in [0.05, 0.1) is 0 Å². The van der Waals surface area contributed by atoms with Crippen molar-refractivity contribution in [3.05, 3.63) is 34.2 Å². The standard InChI is InChI=1S/C12H15NS/c1-3-9-4-5-11-10(6-9)8(2)12(7-13)14-11/h4-6H,3,7,13H2,1-2H3. The van der Waals surface area contributed by atoms with Crippen molar-refractivity contribution in [2.24, 2.45) is 5.73 Å². The lowest BCUT2D eigenvalue weighted by molar-refractivity contribution is 1.09. The molecule has 0 spiro atoms. The van der Waals surface area contributed by atoms with Gasteiger partial charge in [0.15, 0.2) is 0 Å². The van der Waals surface area contributed by atoms with Crippen molar-refractivity contribution in [3.8, 4) is 0 Å². The van der Waals surface area contributed by atoms with Crippen LogP contribution in [0.2, 0.25) is 0 Å². The van der Waals surface area contributed by atoms with Gasteiger partial charge in [0.1, 0.15) is 0 Å². The molecule has 2 N–H and O–H groups in total. The van der Waals surface area contributed by atoms with E-state index >= 15 is 0 Å². The summed E-state index contributed by atoms with van der Waals surface area (Å²) in [5, 5.41) is 1.38. The molecule has 0 saturated heterocycles. The molecule has 0 aliphatic heterocycles. The third-order valence-electron chi connectivity index (χ3n) is 2.69. The Bertz CT molecular complexity index is 457. The normalized spacial score (nSPS) is 11.1. The lowest BCUT2D eigenvalue weighted by Gasteiger charge is -1.97. The molecule has 2 aromatic rings. The molecule has 0 saturated carbocycles. The Labute approximate surface area is 88.6 Å². The van der Waals surface area contributed by atoms with Crippen LogP contribution >= 0.6 is 11.3 Å². The number of hydrogen-bond donors (Lipinski definition) is 1. The molecule has 0 aliphatic rings. The van der Waals surface area contributed by atoms with Crippen LogP contribution < -0.4 is 5.73 Å². The highest BCUT2D eigenvalue weighted by molar-refractivity contribution is 7.19. The van der Waals surface area contributed by atoms with Crippen LogP contribution in [0, 0.1) is 6.92 Å². The first-order valence-corrected chi connectivity index (χ1v) is 5.79. The van der Waals surface area contributed by atoms with Crippen LogP contribution in [-0.2, 0) is 13.0 Å². The Balaban J connectivity index is 2.68. The van der Waals surface area contributed by atoms with Gasteiger partial charge < -0.3 is 5.73 Å². The van der Waals surface area contributed by atoms with Crippen molar-refractivity contribution in [2.45, 2.75) is 26.8 Å². The average molecular weight is 205 g/mol. The predicted molar refractivity (Wildman–Crippen MR) is 63.8 cm³/mol. The lowest BCUT2D eigenvalue weighted by Crippen LogP contribution is -1.94. The van der Waals surface area contributed by atoms with Crippen molar-refractivity contribution < 1.29 is 0 Å². The number of benzene rings is 1. The molecule has 74 valence electrons. The molecular formula is C12H15NS. The minimum Gasteiger partial charge on any atom is -0.326 e. The van der Waals surface area contributed by atoms with E-state index in [1.807, 2.05) is 11.3 Å². The Morgan fingerprint density at radius 3 is 2.79 bits per heavy atom. The summed E-state index contributed by atoms with van der Waals surface area (Å²) >= 11 is 1.82. The summed E-state index contributed by atoms with van der Waals surface area (Å²) in [6.07, 6.45) is 1.10. The summed E-state index contributed by atoms with van der Waals surface area (Å²) in [5.74, 6) is 0. The maximum absolute atomic E-state index is 5.70. The van der Waals surface area contributed by atoms with E-state index in [0.29, 0.717) is 6.54 Å². The van der Waals surface area contributed by atoms with E-state index in [9.17, 15) is 0 Å². The van der Waals surface area contributed by atoms with Crippen LogP contribution in [0.25, 0.3) is 10.1 Å². The van der Waals surface area contributed by atoms with Crippen LogP contribution in [0.5, 0.6) is 0 Å². The van der Waals surface area contributed by atoms with E-state index in [2.05, 4.69) is 32.0 Å². The largest absolute Gasteiger partial charge is 0.326 e. The van der Waals surface area contributed by atoms with Crippen molar-refractivity contribution >= 4 is 21.4 Å². The number of aryl methyl sites for hydroxylation is 2. The first-order chi connectivity index (χ1) is 6.76. The van der Waals surface area contributed by atoms with Crippen molar-refractivity contribution in [2.75, 3.05) is 0 Å². The molecule has 14 heavy (non-hydrogen) atoms. The second-order valence-electron chi connectivity index (χ2n) is 3.54. The maximum atomic E-state index is 5.70. The zero-order chi connectivity index (χ0) is 10.1. The van der Waals surface area contributed by atoms with Gasteiger partial charge in [-0.2, -0.15) is 0 Å². The molecule has 0 fully saturated rings. The van der Waals surface area contributed by atoms with Gasteiger partial charge in [0.25, 0.3) is 0 Å². The predicted octanol–water partition coefficient (Wildman–Crippen LogP) is 3.23. The molecule has 0 aliphatic carbocycles. The van der Waals surface area contributed by atoms with E-state index < -0.39 is 0 Å². The van der Waals surface area contributed by atoms with E-state index in [-0.39, 0.29) is 0 Å². The smallest absolute Gasteiger partial charge is 0.0349 e. The van der Waals surface area contributed by atoms with Gasteiger partial charge in [-0.15, -0.1) is 11.3 Å². The maximum Gasteiger partial charge on any atom is 0.0349 e. The van der Waals surface area contributed by atoms with Crippen LogP contribution in [-0.4, -0.2) is 0 Å². The fraction of sp³-hybridized carbons (Fsp3) is 0.333. The Morgan fingerprint density at radius 2 is 2.14 bits per heavy atom. The van der Waals surface area contributed by atoms with Crippen LogP contribution in [0.3, 0.4) is 0 Å². The minimum atomic E-state index is 0.659. The summed E-state index contributed by atoms with van der Waals surface area (Å²) in [7, 11) is 0. The zero-order valence-electron chi connectivity index (χ0n) is 8.63. The topological polar surface area (TPSA) is 26.0 Å². The molecule has 2 rings (SSSR count). The van der Waals surface area contributed by atoms with Crippen molar-refractivity contribution in [1.29, 1.82) is 0 Å². The average Bonchev–Trinajstić information content (AvgIpc) is 2.55. The van der Waals surface area contributed by atoms with Crippen LogP contribution in [0.4, 0.5) is 0 Å². The van der Waals surface area contributed by atoms with E-state index in [1.54, 1.807) is 0 Å². The summed E-state index contributed by atoms with van der Waals surface area (Å²) in [6.45, 7) is 5.01. The first-order valence-electron chi connectivity index (χ1n) is 4.97. The van der Waals surface area contributed by atoms with Crippen LogP contribution in [0.1, 0.15) is 22.9 Å². The number of thiophene rings is 1. The summed E-state index contributed by atoms with van der Waals surface area (Å²) in [6, 6.07) is 6.71. The fourth-order valence-corrected chi connectivity index (χ4v) is 2.80. The Morgan fingerprint density at radius 1 is 1.36 bits per heavy atom. The SMILES string of the molecule is CCc1ccc2sc(CN)c(C)c2c1. The van der Waals surface area contributed by atoms with Gasteiger partial charge in [-0.05, 0) is 35.9 Å². The van der Waals surface area contributed by atoms with Crippen LogP contribution in [0.15, 0.2) is 18.2 Å². The van der Waals surface area contributed by atoms with E-state index in [4.69, 9.17) is 5.73 Å². The zero-order valence-corrected chi connectivity index (χ0v) is 9.45. The Hall–Kier alpha value is -0.860. The third-order valence-corrected chi connectivity index (χ3v) is 3.99. The summed E-state index contributed by atoms with van der Waals surface area (Å²) in [4.78, 5) is 1.31. The molecule has 1 heterocycles. The van der Waals surface area contributed by atoms with Gasteiger partial charge in [-0.3, -0.25) is 0 Å². The van der Waals surface area contributed by atoms with Gasteiger partial charge in [0, 0.05) is 16.1 Å². The monoisotopic (exact) mass is 205 g/mol. The summed E-state index contributed by atoms with van der Waals surface area (Å²) in [5.41, 5.74) is 8.46. The molecular weight excluding hydrogens is 190 g/mol. The highest BCUT2D eigenvalue weighted by atomic mass is 32.1. The summed E-state index contributed by atoms with van der Waals surface area (Å²) < 4.78 is 1.36. The highest BCUT2D eigenvalue weighted by Crippen LogP contribution is 2.31. The van der Waals surface area contributed by atoms with E-state index in [0.717, 1.165) is 6.42 Å². The second kappa shape index (κ2) is 3.71. The molecule has 0 radical (unpaired) electrons. The Kier molecular flexibility index (Phi) is 2.57. The quantitative estimate of drug-likeness (QED) is 0.800. The molecule has 2 heteroatoms. The van der Waals surface area contributed by atoms with Gasteiger partial charge in [0.2, 0.25) is 0 Å². The van der Waals surface area contributed by atoms with Crippen molar-refractivity contribution in [1.82, 2.24) is 0 Å². The number of rotatable bonds is 2. The number of fused-ring (bicyclic) bond motifs is 1. The lowest BCUT2D eigenvalue weighted by atomic mass is 10.1. The first kappa shape index (κ1) is 9.69. The molecule has 1 aromatic heterocycles. The molecule has 0 atom stereocenters.